The minimum absolute atomic E-state index is 0.238. The van der Waals surface area contributed by atoms with Gasteiger partial charge in [0.05, 0.1) is 5.75 Å². The summed E-state index contributed by atoms with van der Waals surface area (Å²) in [5.74, 6) is 0.156. The van der Waals surface area contributed by atoms with E-state index in [0.29, 0.717) is 5.88 Å². The molecule has 0 amide bonds. The van der Waals surface area contributed by atoms with Crippen LogP contribution in [0.3, 0.4) is 0 Å². The number of hydrogen-bond donors (Lipinski definition) is 3. The monoisotopic (exact) mass is 171 g/mol. The molecule has 9 heavy (non-hydrogen) atoms. The first-order valence-electron chi connectivity index (χ1n) is 2.33. The SMILES string of the molecule is O=S(=O)(O)CCNCS. The van der Waals surface area contributed by atoms with E-state index in [4.69, 9.17) is 4.55 Å². The van der Waals surface area contributed by atoms with Gasteiger partial charge in [0.25, 0.3) is 10.1 Å². The third-order valence-corrected chi connectivity index (χ3v) is 1.59. The van der Waals surface area contributed by atoms with Gasteiger partial charge < -0.3 is 5.32 Å². The second-order valence-corrected chi connectivity index (χ2v) is 3.33. The number of rotatable bonds is 4. The van der Waals surface area contributed by atoms with Crippen LogP contribution in [0.5, 0.6) is 0 Å². The van der Waals surface area contributed by atoms with E-state index in [1.807, 2.05) is 0 Å². The average Bonchev–Trinajstić information content (AvgIpc) is 1.63. The van der Waals surface area contributed by atoms with Crippen LogP contribution in [0.2, 0.25) is 0 Å². The standard InChI is InChI=1S/C3H9NO3S2/c5-9(6,7)2-1-4-3-8/h4,8H,1-3H2,(H,5,6,7). The fourth-order valence-electron chi connectivity index (χ4n) is 0.280. The van der Waals surface area contributed by atoms with Crippen molar-refractivity contribution in [2.75, 3.05) is 18.2 Å². The van der Waals surface area contributed by atoms with Crippen molar-refractivity contribution in [3.8, 4) is 0 Å². The average molecular weight is 171 g/mol. The first kappa shape index (κ1) is 9.22. The Morgan fingerprint density at radius 1 is 1.56 bits per heavy atom. The molecule has 4 nitrogen and oxygen atoms in total. The maximum absolute atomic E-state index is 10.00. The number of hydrogen-bond acceptors (Lipinski definition) is 4. The zero-order valence-electron chi connectivity index (χ0n) is 4.74. The lowest BCUT2D eigenvalue weighted by Gasteiger charge is -1.95. The quantitative estimate of drug-likeness (QED) is 0.228. The van der Waals surface area contributed by atoms with Gasteiger partial charge in [0, 0.05) is 12.4 Å². The summed E-state index contributed by atoms with van der Waals surface area (Å²) >= 11 is 3.76. The van der Waals surface area contributed by atoms with E-state index in [1.54, 1.807) is 0 Å². The van der Waals surface area contributed by atoms with E-state index in [-0.39, 0.29) is 12.3 Å². The van der Waals surface area contributed by atoms with Crippen LogP contribution in [-0.4, -0.2) is 31.1 Å². The summed E-state index contributed by atoms with van der Waals surface area (Å²) < 4.78 is 28.1. The van der Waals surface area contributed by atoms with E-state index >= 15 is 0 Å². The molecule has 0 aliphatic heterocycles. The summed E-state index contributed by atoms with van der Waals surface area (Å²) in [5.41, 5.74) is 0. The van der Waals surface area contributed by atoms with Crippen molar-refractivity contribution in [1.29, 1.82) is 0 Å². The van der Waals surface area contributed by atoms with Crippen molar-refractivity contribution >= 4 is 22.7 Å². The van der Waals surface area contributed by atoms with E-state index < -0.39 is 10.1 Å². The molecule has 0 aromatic rings. The second kappa shape index (κ2) is 4.10. The highest BCUT2D eigenvalue weighted by molar-refractivity contribution is 7.85. The van der Waals surface area contributed by atoms with E-state index in [0.717, 1.165) is 0 Å². The van der Waals surface area contributed by atoms with Gasteiger partial charge in [-0.15, -0.1) is 0 Å². The van der Waals surface area contributed by atoms with Gasteiger partial charge in [-0.1, -0.05) is 0 Å². The van der Waals surface area contributed by atoms with Crippen LogP contribution in [-0.2, 0) is 10.1 Å². The van der Waals surface area contributed by atoms with Gasteiger partial charge in [0.2, 0.25) is 0 Å². The summed E-state index contributed by atoms with van der Waals surface area (Å²) in [6, 6.07) is 0. The third-order valence-electron chi connectivity index (χ3n) is 0.649. The highest BCUT2D eigenvalue weighted by Gasteiger charge is 2.00. The molecular formula is C3H9NO3S2. The lowest BCUT2D eigenvalue weighted by Crippen LogP contribution is -2.21. The normalized spacial score (nSPS) is 11.8. The smallest absolute Gasteiger partial charge is 0.266 e. The van der Waals surface area contributed by atoms with Crippen LogP contribution in [0.25, 0.3) is 0 Å². The van der Waals surface area contributed by atoms with Crippen molar-refractivity contribution in [2.45, 2.75) is 0 Å². The maximum atomic E-state index is 10.00. The Labute approximate surface area is 59.8 Å². The van der Waals surface area contributed by atoms with Crippen LogP contribution >= 0.6 is 12.6 Å². The Bertz CT molecular complexity index is 152. The fraction of sp³-hybridized carbons (Fsp3) is 1.00. The van der Waals surface area contributed by atoms with E-state index in [1.165, 1.54) is 0 Å². The Morgan fingerprint density at radius 2 is 2.11 bits per heavy atom. The van der Waals surface area contributed by atoms with E-state index in [9.17, 15) is 8.42 Å². The molecule has 0 fully saturated rings. The molecule has 0 aromatic heterocycles. The molecule has 0 radical (unpaired) electrons. The lowest BCUT2D eigenvalue weighted by atomic mass is 10.8. The Kier molecular flexibility index (Phi) is 4.20. The van der Waals surface area contributed by atoms with Gasteiger partial charge in [-0.3, -0.25) is 4.55 Å². The van der Waals surface area contributed by atoms with Crippen molar-refractivity contribution in [2.24, 2.45) is 0 Å². The van der Waals surface area contributed by atoms with Gasteiger partial charge in [0.15, 0.2) is 0 Å². The predicted octanol–water partition coefficient (Wildman–Crippen LogP) is -0.649. The Morgan fingerprint density at radius 3 is 2.44 bits per heavy atom. The molecule has 0 saturated carbocycles. The van der Waals surface area contributed by atoms with Crippen molar-refractivity contribution in [1.82, 2.24) is 5.32 Å². The minimum Gasteiger partial charge on any atom is -0.307 e. The third kappa shape index (κ3) is 8.22. The summed E-state index contributed by atoms with van der Waals surface area (Å²) in [5, 5.41) is 2.63. The van der Waals surface area contributed by atoms with Gasteiger partial charge >= 0.3 is 0 Å². The van der Waals surface area contributed by atoms with Gasteiger partial charge in [-0.2, -0.15) is 21.0 Å². The molecule has 2 N–H and O–H groups in total. The molecule has 0 unspecified atom stereocenters. The predicted molar refractivity (Wildman–Crippen MR) is 38.3 cm³/mol. The summed E-state index contributed by atoms with van der Waals surface area (Å²) in [6.07, 6.45) is 0. The van der Waals surface area contributed by atoms with E-state index in [2.05, 4.69) is 17.9 Å². The molecule has 0 spiro atoms. The first-order valence-corrected chi connectivity index (χ1v) is 4.57. The summed E-state index contributed by atoms with van der Waals surface area (Å²) in [7, 11) is -3.79. The highest BCUT2D eigenvalue weighted by Crippen LogP contribution is 1.78. The fourth-order valence-corrected chi connectivity index (χ4v) is 0.841. The van der Waals surface area contributed by atoms with Gasteiger partial charge in [0.1, 0.15) is 0 Å². The topological polar surface area (TPSA) is 66.4 Å². The molecule has 0 aromatic carbocycles. The Hall–Kier alpha value is 0.220. The zero-order chi connectivity index (χ0) is 7.33. The highest BCUT2D eigenvalue weighted by atomic mass is 32.2. The molecule has 0 bridgehead atoms. The largest absolute Gasteiger partial charge is 0.307 e. The maximum Gasteiger partial charge on any atom is 0.266 e. The zero-order valence-corrected chi connectivity index (χ0v) is 6.45. The second-order valence-electron chi connectivity index (χ2n) is 1.44. The minimum atomic E-state index is -3.79. The Balaban J connectivity index is 3.30. The van der Waals surface area contributed by atoms with Crippen LogP contribution in [0.1, 0.15) is 0 Å². The molecule has 0 aliphatic carbocycles. The molecule has 0 aliphatic rings. The summed E-state index contributed by atoms with van der Waals surface area (Å²) in [6.45, 7) is 0.238. The van der Waals surface area contributed by atoms with Gasteiger partial charge in [-0.25, -0.2) is 0 Å². The summed E-state index contributed by atoms with van der Waals surface area (Å²) in [4.78, 5) is 0. The van der Waals surface area contributed by atoms with Crippen molar-refractivity contribution in [3.05, 3.63) is 0 Å². The molecule has 0 rings (SSSR count). The molecule has 56 valence electrons. The molecule has 0 saturated heterocycles. The van der Waals surface area contributed by atoms with Gasteiger partial charge in [-0.05, 0) is 0 Å². The van der Waals surface area contributed by atoms with Crippen LogP contribution < -0.4 is 5.32 Å². The van der Waals surface area contributed by atoms with Crippen molar-refractivity contribution in [3.63, 3.8) is 0 Å². The number of thiol groups is 1. The van der Waals surface area contributed by atoms with Crippen molar-refractivity contribution < 1.29 is 13.0 Å². The molecule has 0 heterocycles. The van der Waals surface area contributed by atoms with Crippen LogP contribution in [0, 0.1) is 0 Å². The molecule has 0 atom stereocenters. The molecule has 6 heteroatoms. The van der Waals surface area contributed by atoms with Crippen LogP contribution in [0.15, 0.2) is 0 Å². The first-order chi connectivity index (χ1) is 4.06. The molecular weight excluding hydrogens is 162 g/mol. The lowest BCUT2D eigenvalue weighted by molar-refractivity contribution is 0.481. The van der Waals surface area contributed by atoms with Crippen LogP contribution in [0.4, 0.5) is 0 Å². The number of nitrogens with one attached hydrogen (secondary N) is 1.